The number of benzene rings is 1. The number of nitrogens with zero attached hydrogens (tertiary/aromatic N) is 2. The van der Waals surface area contributed by atoms with E-state index in [0.29, 0.717) is 6.54 Å². The summed E-state index contributed by atoms with van der Waals surface area (Å²) in [5.41, 5.74) is 0.852. The van der Waals surface area contributed by atoms with Gasteiger partial charge in [-0.15, -0.1) is 11.8 Å². The molecule has 1 aliphatic heterocycles. The molecule has 1 atom stereocenters. The maximum atomic E-state index is 13.0. The molecule has 3 rings (SSSR count). The molecule has 0 N–H and O–H groups in total. The SMILES string of the molecule is O=S(=O)(c1ccc(F)cc1)N1CCSC1c1cccnc1. The van der Waals surface area contributed by atoms with Crippen LogP contribution in [-0.4, -0.2) is 30.0 Å². The molecule has 2 heterocycles. The summed E-state index contributed by atoms with van der Waals surface area (Å²) in [6, 6.07) is 8.58. The van der Waals surface area contributed by atoms with Crippen LogP contribution in [0.3, 0.4) is 0 Å². The van der Waals surface area contributed by atoms with E-state index in [1.807, 2.05) is 6.07 Å². The van der Waals surface area contributed by atoms with Crippen molar-refractivity contribution in [2.75, 3.05) is 12.3 Å². The molecule has 0 radical (unpaired) electrons. The van der Waals surface area contributed by atoms with E-state index in [0.717, 1.165) is 23.4 Å². The third kappa shape index (κ3) is 2.81. The minimum Gasteiger partial charge on any atom is -0.264 e. The highest BCUT2D eigenvalue weighted by Crippen LogP contribution is 2.40. The summed E-state index contributed by atoms with van der Waals surface area (Å²) in [7, 11) is -3.63. The lowest BCUT2D eigenvalue weighted by molar-refractivity contribution is 0.434. The molecule has 7 heteroatoms. The van der Waals surface area contributed by atoms with Crippen LogP contribution < -0.4 is 0 Å². The first kappa shape index (κ1) is 14.5. The van der Waals surface area contributed by atoms with Crippen LogP contribution in [0, 0.1) is 5.82 Å². The van der Waals surface area contributed by atoms with Gasteiger partial charge in [0.25, 0.3) is 0 Å². The Bertz CT molecular complexity index is 720. The Labute approximate surface area is 127 Å². The van der Waals surface area contributed by atoms with Gasteiger partial charge >= 0.3 is 0 Å². The van der Waals surface area contributed by atoms with Crippen molar-refractivity contribution in [2.45, 2.75) is 10.3 Å². The summed E-state index contributed by atoms with van der Waals surface area (Å²) in [6.45, 7) is 0.434. The molecule has 0 aliphatic carbocycles. The van der Waals surface area contributed by atoms with Crippen molar-refractivity contribution in [3.63, 3.8) is 0 Å². The van der Waals surface area contributed by atoms with Crippen LogP contribution in [0.1, 0.15) is 10.9 Å². The number of aromatic nitrogens is 1. The van der Waals surface area contributed by atoms with Gasteiger partial charge in [-0.05, 0) is 35.9 Å². The molecule has 4 nitrogen and oxygen atoms in total. The van der Waals surface area contributed by atoms with E-state index in [2.05, 4.69) is 4.98 Å². The summed E-state index contributed by atoms with van der Waals surface area (Å²) in [6.07, 6.45) is 3.33. The van der Waals surface area contributed by atoms with Gasteiger partial charge in [0.15, 0.2) is 0 Å². The summed E-state index contributed by atoms with van der Waals surface area (Å²) < 4.78 is 39.8. The summed E-state index contributed by atoms with van der Waals surface area (Å²) in [4.78, 5) is 4.16. The Balaban J connectivity index is 1.96. The first-order chi connectivity index (χ1) is 10.1. The number of halogens is 1. The molecule has 1 aromatic carbocycles. The molecule has 0 amide bonds. The molecule has 1 unspecified atom stereocenters. The zero-order valence-corrected chi connectivity index (χ0v) is 12.6. The molecule has 0 bridgehead atoms. The highest BCUT2D eigenvalue weighted by molar-refractivity contribution is 8.01. The van der Waals surface area contributed by atoms with Crippen LogP contribution in [0.5, 0.6) is 0 Å². The van der Waals surface area contributed by atoms with Crippen molar-refractivity contribution in [2.24, 2.45) is 0 Å². The smallest absolute Gasteiger partial charge is 0.244 e. The summed E-state index contributed by atoms with van der Waals surface area (Å²) in [5.74, 6) is 0.272. The minimum atomic E-state index is -3.63. The fraction of sp³-hybridized carbons (Fsp3) is 0.214. The lowest BCUT2D eigenvalue weighted by Crippen LogP contribution is -2.30. The first-order valence-corrected chi connectivity index (χ1v) is 8.87. The minimum absolute atomic E-state index is 0.111. The highest BCUT2D eigenvalue weighted by Gasteiger charge is 2.36. The second-order valence-electron chi connectivity index (χ2n) is 4.58. The number of thioether (sulfide) groups is 1. The van der Waals surface area contributed by atoms with Gasteiger partial charge in [-0.2, -0.15) is 4.31 Å². The van der Waals surface area contributed by atoms with E-state index >= 15 is 0 Å². The van der Waals surface area contributed by atoms with Gasteiger partial charge < -0.3 is 0 Å². The third-order valence-corrected chi connectivity index (χ3v) is 6.51. The van der Waals surface area contributed by atoms with Crippen molar-refractivity contribution in [1.82, 2.24) is 9.29 Å². The lowest BCUT2D eigenvalue weighted by atomic mass is 10.3. The van der Waals surface area contributed by atoms with Gasteiger partial charge in [0.05, 0.1) is 10.3 Å². The molecule has 21 heavy (non-hydrogen) atoms. The molecule has 1 saturated heterocycles. The fourth-order valence-electron chi connectivity index (χ4n) is 2.23. The predicted octanol–water partition coefficient (Wildman–Crippen LogP) is 2.66. The molecule has 1 fully saturated rings. The van der Waals surface area contributed by atoms with E-state index in [-0.39, 0.29) is 10.3 Å². The number of sulfonamides is 1. The Morgan fingerprint density at radius 2 is 2.00 bits per heavy atom. The Kier molecular flexibility index (Phi) is 3.97. The molecule has 1 aliphatic rings. The second kappa shape index (κ2) is 5.75. The molecular weight excluding hydrogens is 311 g/mol. The molecule has 110 valence electrons. The van der Waals surface area contributed by atoms with Crippen molar-refractivity contribution in [3.05, 3.63) is 60.2 Å². The lowest BCUT2D eigenvalue weighted by Gasteiger charge is -2.23. The maximum absolute atomic E-state index is 13.0. The zero-order chi connectivity index (χ0) is 14.9. The van der Waals surface area contributed by atoms with Gasteiger partial charge in [-0.1, -0.05) is 6.07 Å². The monoisotopic (exact) mass is 324 g/mol. The standard InChI is InChI=1S/C14H13FN2O2S2/c15-12-3-5-13(6-4-12)21(18,19)17-8-9-20-14(17)11-2-1-7-16-10-11/h1-7,10,14H,8-9H2. The molecular formula is C14H13FN2O2S2. The van der Waals surface area contributed by atoms with Crippen LogP contribution in [0.2, 0.25) is 0 Å². The van der Waals surface area contributed by atoms with E-state index in [1.165, 1.54) is 16.4 Å². The normalized spacial score (nSPS) is 19.8. The quantitative estimate of drug-likeness (QED) is 0.871. The van der Waals surface area contributed by atoms with Crippen LogP contribution in [0.4, 0.5) is 4.39 Å². The fourth-order valence-corrected chi connectivity index (χ4v) is 5.45. The van der Waals surface area contributed by atoms with Crippen molar-refractivity contribution in [3.8, 4) is 0 Å². The van der Waals surface area contributed by atoms with Crippen LogP contribution in [-0.2, 0) is 10.0 Å². The van der Waals surface area contributed by atoms with E-state index in [9.17, 15) is 12.8 Å². The predicted molar refractivity (Wildman–Crippen MR) is 79.7 cm³/mol. The largest absolute Gasteiger partial charge is 0.264 e. The number of hydrogen-bond acceptors (Lipinski definition) is 4. The number of rotatable bonds is 3. The van der Waals surface area contributed by atoms with Crippen molar-refractivity contribution >= 4 is 21.8 Å². The Morgan fingerprint density at radius 1 is 1.24 bits per heavy atom. The Morgan fingerprint density at radius 3 is 2.67 bits per heavy atom. The first-order valence-electron chi connectivity index (χ1n) is 6.38. The number of pyridine rings is 1. The topological polar surface area (TPSA) is 50.3 Å². The van der Waals surface area contributed by atoms with Gasteiger partial charge in [-0.3, -0.25) is 4.98 Å². The second-order valence-corrected chi connectivity index (χ2v) is 7.66. The van der Waals surface area contributed by atoms with E-state index < -0.39 is 15.8 Å². The zero-order valence-electron chi connectivity index (χ0n) is 11.0. The van der Waals surface area contributed by atoms with Crippen molar-refractivity contribution in [1.29, 1.82) is 0 Å². The molecule has 2 aromatic rings. The van der Waals surface area contributed by atoms with Crippen LogP contribution in [0.25, 0.3) is 0 Å². The van der Waals surface area contributed by atoms with E-state index in [4.69, 9.17) is 0 Å². The summed E-state index contributed by atoms with van der Waals surface area (Å²) in [5, 5.41) is -0.284. The van der Waals surface area contributed by atoms with E-state index in [1.54, 1.807) is 30.2 Å². The third-order valence-electron chi connectivity index (χ3n) is 3.24. The van der Waals surface area contributed by atoms with Crippen LogP contribution >= 0.6 is 11.8 Å². The van der Waals surface area contributed by atoms with Gasteiger partial charge in [0.2, 0.25) is 10.0 Å². The number of hydrogen-bond donors (Lipinski definition) is 0. The van der Waals surface area contributed by atoms with Gasteiger partial charge in [-0.25, -0.2) is 12.8 Å². The average Bonchev–Trinajstić information content (AvgIpc) is 2.99. The summed E-state index contributed by atoms with van der Waals surface area (Å²) >= 11 is 1.56. The molecule has 0 spiro atoms. The molecule has 1 aromatic heterocycles. The average molecular weight is 324 g/mol. The molecule has 0 saturated carbocycles. The van der Waals surface area contributed by atoms with Crippen molar-refractivity contribution < 1.29 is 12.8 Å². The highest BCUT2D eigenvalue weighted by atomic mass is 32.2. The van der Waals surface area contributed by atoms with Crippen LogP contribution in [0.15, 0.2) is 53.7 Å². The van der Waals surface area contributed by atoms with Gasteiger partial charge in [0.1, 0.15) is 5.82 Å². The Hall–Kier alpha value is -1.44. The maximum Gasteiger partial charge on any atom is 0.244 e. The van der Waals surface area contributed by atoms with Gasteiger partial charge in [0, 0.05) is 24.7 Å².